The van der Waals surface area contributed by atoms with Gasteiger partial charge in [0.1, 0.15) is 16.8 Å². The van der Waals surface area contributed by atoms with E-state index in [1.165, 1.54) is 6.07 Å². The Morgan fingerprint density at radius 2 is 2.04 bits per heavy atom. The summed E-state index contributed by atoms with van der Waals surface area (Å²) in [6.07, 6.45) is -0.319. The molecule has 0 bridgehead atoms. The van der Waals surface area contributed by atoms with Crippen LogP contribution in [-0.2, 0) is 19.6 Å². The van der Waals surface area contributed by atoms with Gasteiger partial charge in [-0.05, 0) is 45.9 Å². The first-order chi connectivity index (χ1) is 11.5. The Hall–Kier alpha value is -1.55. The molecule has 0 aliphatic carbocycles. The van der Waals surface area contributed by atoms with Crippen LogP contribution in [0, 0.1) is 5.82 Å². The highest BCUT2D eigenvalue weighted by Crippen LogP contribution is 2.21. The summed E-state index contributed by atoms with van der Waals surface area (Å²) < 4.78 is 46.6. The molecule has 7 nitrogen and oxygen atoms in total. The second kappa shape index (κ2) is 7.36. The number of morpholine rings is 1. The lowest BCUT2D eigenvalue weighted by Crippen LogP contribution is -2.53. The molecule has 9 heteroatoms. The van der Waals surface area contributed by atoms with E-state index in [0.717, 1.165) is 12.1 Å². The topological polar surface area (TPSA) is 96.5 Å². The van der Waals surface area contributed by atoms with Crippen LogP contribution >= 0.6 is 0 Å². The molecule has 1 fully saturated rings. The average molecular weight is 373 g/mol. The molecule has 2 atom stereocenters. The molecule has 0 aromatic heterocycles. The van der Waals surface area contributed by atoms with Crippen LogP contribution in [0.5, 0.6) is 0 Å². The Morgan fingerprint density at radius 3 is 2.64 bits per heavy atom. The van der Waals surface area contributed by atoms with Gasteiger partial charge in [-0.1, -0.05) is 0 Å². The number of halogens is 1. The van der Waals surface area contributed by atoms with Crippen molar-refractivity contribution in [1.29, 1.82) is 0 Å². The zero-order valence-electron chi connectivity index (χ0n) is 14.7. The maximum atomic E-state index is 14.0. The molecule has 0 saturated carbocycles. The Morgan fingerprint density at radius 1 is 1.36 bits per heavy atom. The first kappa shape index (κ1) is 19.8. The van der Waals surface area contributed by atoms with E-state index >= 15 is 0 Å². The van der Waals surface area contributed by atoms with E-state index in [1.807, 2.05) is 0 Å². The Kier molecular flexibility index (Phi) is 5.82. The van der Waals surface area contributed by atoms with E-state index in [0.29, 0.717) is 13.2 Å². The second-order valence-corrected chi connectivity index (χ2v) is 8.65. The molecule has 25 heavy (non-hydrogen) atoms. The van der Waals surface area contributed by atoms with Gasteiger partial charge in [0.15, 0.2) is 0 Å². The third-order valence-electron chi connectivity index (χ3n) is 3.53. The number of sulfonamides is 1. The van der Waals surface area contributed by atoms with Crippen molar-refractivity contribution in [1.82, 2.24) is 10.0 Å². The Labute approximate surface area is 147 Å². The fourth-order valence-electron chi connectivity index (χ4n) is 2.49. The highest BCUT2D eigenvalue weighted by atomic mass is 32.2. The predicted octanol–water partition coefficient (Wildman–Crippen LogP) is 1.22. The first-order valence-corrected chi connectivity index (χ1v) is 9.47. The van der Waals surface area contributed by atoms with Crippen LogP contribution in [0.1, 0.15) is 27.7 Å². The van der Waals surface area contributed by atoms with Gasteiger partial charge in [0.2, 0.25) is 15.9 Å². The summed E-state index contributed by atoms with van der Waals surface area (Å²) in [5.41, 5.74) is -0.566. The van der Waals surface area contributed by atoms with Crippen molar-refractivity contribution in [3.63, 3.8) is 0 Å². The first-order valence-electron chi connectivity index (χ1n) is 7.99. The number of ether oxygens (including phenoxy) is 1. The molecule has 1 amide bonds. The normalized spacial score (nSPS) is 21.8. The third kappa shape index (κ3) is 5.21. The minimum Gasteiger partial charge on any atom is -0.375 e. The van der Waals surface area contributed by atoms with Crippen LogP contribution in [0.25, 0.3) is 0 Å². The summed E-state index contributed by atoms with van der Waals surface area (Å²) >= 11 is 0. The van der Waals surface area contributed by atoms with Crippen molar-refractivity contribution in [2.75, 3.05) is 18.5 Å². The minimum absolute atomic E-state index is 0.195. The quantitative estimate of drug-likeness (QED) is 0.737. The fraction of sp³-hybridized carbons (Fsp3) is 0.562. The average Bonchev–Trinajstić information content (AvgIpc) is 2.47. The molecule has 2 rings (SSSR count). The summed E-state index contributed by atoms with van der Waals surface area (Å²) in [6, 6.07) is 2.88. The third-order valence-corrected chi connectivity index (χ3v) is 5.30. The van der Waals surface area contributed by atoms with E-state index in [1.54, 1.807) is 27.7 Å². The molecule has 1 aromatic carbocycles. The molecule has 140 valence electrons. The van der Waals surface area contributed by atoms with Gasteiger partial charge in [0, 0.05) is 17.8 Å². The number of anilines is 1. The van der Waals surface area contributed by atoms with Gasteiger partial charge < -0.3 is 15.4 Å². The molecular formula is C16H24FN3O4S. The van der Waals surface area contributed by atoms with Crippen molar-refractivity contribution in [2.24, 2.45) is 0 Å². The number of nitrogens with one attached hydrogen (secondary N) is 3. The highest BCUT2D eigenvalue weighted by Gasteiger charge is 2.29. The van der Waals surface area contributed by atoms with Crippen molar-refractivity contribution >= 4 is 21.6 Å². The van der Waals surface area contributed by atoms with Crippen LogP contribution in [-0.4, -0.2) is 45.2 Å². The predicted molar refractivity (Wildman–Crippen MR) is 92.3 cm³/mol. The lowest BCUT2D eigenvalue weighted by molar-refractivity contribution is -0.123. The summed E-state index contributed by atoms with van der Waals surface area (Å²) in [7, 11) is -4.06. The van der Waals surface area contributed by atoms with Crippen LogP contribution in [0.4, 0.5) is 10.1 Å². The van der Waals surface area contributed by atoms with Crippen molar-refractivity contribution < 1.29 is 22.3 Å². The minimum atomic E-state index is -4.06. The zero-order valence-corrected chi connectivity index (χ0v) is 15.5. The van der Waals surface area contributed by atoms with E-state index in [9.17, 15) is 17.6 Å². The summed E-state index contributed by atoms with van der Waals surface area (Å²) in [5.74, 6) is -1.26. The van der Waals surface area contributed by atoms with Gasteiger partial charge in [-0.3, -0.25) is 4.79 Å². The molecule has 0 radical (unpaired) electrons. The number of carbonyl (C=O) groups is 1. The van der Waals surface area contributed by atoms with Crippen LogP contribution in [0.15, 0.2) is 23.1 Å². The van der Waals surface area contributed by atoms with Crippen molar-refractivity contribution in [2.45, 2.75) is 50.3 Å². The van der Waals surface area contributed by atoms with Gasteiger partial charge >= 0.3 is 0 Å². The fourth-order valence-corrected chi connectivity index (χ4v) is 4.02. The van der Waals surface area contributed by atoms with Crippen LogP contribution in [0.2, 0.25) is 0 Å². The molecule has 3 N–H and O–H groups in total. The Bertz CT molecular complexity index is 746. The number of hydrogen-bond donors (Lipinski definition) is 3. The van der Waals surface area contributed by atoms with Gasteiger partial charge in [-0.25, -0.2) is 17.5 Å². The number of hydrogen-bond acceptors (Lipinski definition) is 5. The monoisotopic (exact) mass is 373 g/mol. The smallest absolute Gasteiger partial charge is 0.244 e. The summed E-state index contributed by atoms with van der Waals surface area (Å²) in [4.78, 5) is 11.8. The molecule has 1 aliphatic rings. The van der Waals surface area contributed by atoms with Crippen molar-refractivity contribution in [3.05, 3.63) is 24.0 Å². The molecule has 0 unspecified atom stereocenters. The Balaban J connectivity index is 2.22. The lowest BCUT2D eigenvalue weighted by Gasteiger charge is -2.29. The van der Waals surface area contributed by atoms with Gasteiger partial charge in [-0.2, -0.15) is 0 Å². The maximum Gasteiger partial charge on any atom is 0.244 e. The molecule has 1 aliphatic heterocycles. The summed E-state index contributed by atoms with van der Waals surface area (Å²) in [6.45, 7) is 7.80. The SMILES string of the molecule is C[C@H]1OCCN[C@@H]1C(=O)Nc1ccc(F)c(S(=O)(=O)NC(C)(C)C)c1. The molecule has 1 heterocycles. The van der Waals surface area contributed by atoms with E-state index in [2.05, 4.69) is 15.4 Å². The highest BCUT2D eigenvalue weighted by molar-refractivity contribution is 7.89. The van der Waals surface area contributed by atoms with Gasteiger partial charge in [-0.15, -0.1) is 0 Å². The van der Waals surface area contributed by atoms with E-state index in [4.69, 9.17) is 4.74 Å². The van der Waals surface area contributed by atoms with Crippen LogP contribution < -0.4 is 15.4 Å². The number of carbonyl (C=O) groups excluding carboxylic acids is 1. The van der Waals surface area contributed by atoms with Crippen molar-refractivity contribution in [3.8, 4) is 0 Å². The van der Waals surface area contributed by atoms with Gasteiger partial charge in [0.25, 0.3) is 0 Å². The number of amides is 1. The number of benzene rings is 1. The zero-order chi connectivity index (χ0) is 18.8. The molecule has 1 aromatic rings. The summed E-state index contributed by atoms with van der Waals surface area (Å²) in [5, 5.41) is 5.64. The lowest BCUT2D eigenvalue weighted by atomic mass is 10.1. The molecule has 1 saturated heterocycles. The molecular weight excluding hydrogens is 349 g/mol. The second-order valence-electron chi connectivity index (χ2n) is 7.00. The van der Waals surface area contributed by atoms with Crippen LogP contribution in [0.3, 0.4) is 0 Å². The van der Waals surface area contributed by atoms with E-state index in [-0.39, 0.29) is 17.7 Å². The maximum absolute atomic E-state index is 14.0. The largest absolute Gasteiger partial charge is 0.375 e. The number of rotatable bonds is 4. The molecule has 0 spiro atoms. The standard InChI is InChI=1S/C16H24FN3O4S/c1-10-14(18-7-8-24-10)15(21)19-11-5-6-12(17)13(9-11)25(22,23)20-16(2,3)4/h5-6,9-10,14,18,20H,7-8H2,1-4H3,(H,19,21)/t10-,14+/m1/s1. The van der Waals surface area contributed by atoms with Gasteiger partial charge in [0.05, 0.1) is 12.7 Å². The van der Waals surface area contributed by atoms with E-state index < -0.39 is 32.3 Å².